The third-order valence-corrected chi connectivity index (χ3v) is 4.08. The van der Waals surface area contributed by atoms with Crippen molar-refractivity contribution in [3.05, 3.63) is 84.1 Å². The molecule has 6 nitrogen and oxygen atoms in total. The van der Waals surface area contributed by atoms with E-state index >= 15 is 0 Å². The van der Waals surface area contributed by atoms with Crippen molar-refractivity contribution >= 4 is 16.9 Å². The first-order valence-electron chi connectivity index (χ1n) is 7.98. The molecular weight excluding hydrogens is 316 g/mol. The van der Waals surface area contributed by atoms with Crippen LogP contribution in [0.3, 0.4) is 0 Å². The van der Waals surface area contributed by atoms with Crippen LogP contribution in [0.1, 0.15) is 27.9 Å². The number of para-hydroxylation sites is 1. The standard InChI is InChI=1S/C19H16N4O2/c24-19(17-10-14-8-4-5-9-16(14)25-17)20-11-15(18-21-12-22-23-18)13-6-2-1-3-7-13/h1-10,12,15H,11H2,(H,20,24)(H,21,22,23)/t15-/m0/s1. The molecule has 4 rings (SSSR count). The fourth-order valence-electron chi connectivity index (χ4n) is 2.82. The van der Waals surface area contributed by atoms with Gasteiger partial charge in [0.05, 0.1) is 5.92 Å². The number of nitrogens with one attached hydrogen (secondary N) is 2. The summed E-state index contributed by atoms with van der Waals surface area (Å²) in [6, 6.07) is 19.2. The fraction of sp³-hybridized carbons (Fsp3) is 0.105. The summed E-state index contributed by atoms with van der Waals surface area (Å²) in [4.78, 5) is 16.7. The Morgan fingerprint density at radius 3 is 2.68 bits per heavy atom. The first-order chi connectivity index (χ1) is 12.3. The van der Waals surface area contributed by atoms with E-state index in [1.165, 1.54) is 6.33 Å². The molecule has 0 saturated heterocycles. The van der Waals surface area contributed by atoms with Gasteiger partial charge in [0.1, 0.15) is 17.7 Å². The number of carbonyl (C=O) groups excluding carboxylic acids is 1. The molecule has 25 heavy (non-hydrogen) atoms. The predicted octanol–water partition coefficient (Wildman–Crippen LogP) is 3.11. The molecule has 1 amide bonds. The van der Waals surface area contributed by atoms with Crippen LogP contribution in [0.4, 0.5) is 0 Å². The Labute approximate surface area is 143 Å². The molecule has 0 aliphatic carbocycles. The van der Waals surface area contributed by atoms with Crippen LogP contribution in [-0.2, 0) is 0 Å². The molecule has 2 aromatic heterocycles. The van der Waals surface area contributed by atoms with Crippen LogP contribution in [-0.4, -0.2) is 27.6 Å². The van der Waals surface area contributed by atoms with E-state index in [0.29, 0.717) is 23.7 Å². The van der Waals surface area contributed by atoms with Crippen LogP contribution < -0.4 is 5.32 Å². The molecule has 0 spiro atoms. The summed E-state index contributed by atoms with van der Waals surface area (Å²) in [7, 11) is 0. The monoisotopic (exact) mass is 332 g/mol. The van der Waals surface area contributed by atoms with Crippen LogP contribution in [0.25, 0.3) is 11.0 Å². The number of H-pyrrole nitrogens is 1. The highest BCUT2D eigenvalue weighted by Crippen LogP contribution is 2.21. The minimum absolute atomic E-state index is 0.114. The lowest BCUT2D eigenvalue weighted by molar-refractivity contribution is 0.0926. The number of aromatic amines is 1. The summed E-state index contributed by atoms with van der Waals surface area (Å²) in [5.74, 6) is 0.635. The minimum Gasteiger partial charge on any atom is -0.451 e. The predicted molar refractivity (Wildman–Crippen MR) is 93.2 cm³/mol. The zero-order valence-electron chi connectivity index (χ0n) is 13.3. The molecule has 0 unspecified atom stereocenters. The second-order valence-electron chi connectivity index (χ2n) is 5.69. The third kappa shape index (κ3) is 3.14. The summed E-state index contributed by atoms with van der Waals surface area (Å²) in [5.41, 5.74) is 1.74. The molecule has 6 heteroatoms. The van der Waals surface area contributed by atoms with Gasteiger partial charge in [-0.25, -0.2) is 4.98 Å². The van der Waals surface area contributed by atoms with Crippen molar-refractivity contribution in [2.24, 2.45) is 0 Å². The number of benzene rings is 2. The van der Waals surface area contributed by atoms with Gasteiger partial charge >= 0.3 is 0 Å². The average molecular weight is 332 g/mol. The Kier molecular flexibility index (Phi) is 4.00. The molecule has 4 aromatic rings. The molecule has 0 radical (unpaired) electrons. The highest BCUT2D eigenvalue weighted by atomic mass is 16.3. The largest absolute Gasteiger partial charge is 0.451 e. The molecule has 0 fully saturated rings. The van der Waals surface area contributed by atoms with Crippen LogP contribution in [0.2, 0.25) is 0 Å². The summed E-state index contributed by atoms with van der Waals surface area (Å²) in [6.45, 7) is 0.384. The highest BCUT2D eigenvalue weighted by molar-refractivity contribution is 5.96. The van der Waals surface area contributed by atoms with Gasteiger partial charge in [0.15, 0.2) is 5.76 Å². The number of furan rings is 1. The zero-order chi connectivity index (χ0) is 17.1. The molecular formula is C19H16N4O2. The normalized spacial score (nSPS) is 12.2. The lowest BCUT2D eigenvalue weighted by atomic mass is 9.98. The highest BCUT2D eigenvalue weighted by Gasteiger charge is 2.19. The maximum Gasteiger partial charge on any atom is 0.287 e. The van der Waals surface area contributed by atoms with E-state index in [4.69, 9.17) is 4.42 Å². The van der Waals surface area contributed by atoms with E-state index in [1.807, 2.05) is 54.6 Å². The lowest BCUT2D eigenvalue weighted by Gasteiger charge is -2.15. The summed E-state index contributed by atoms with van der Waals surface area (Å²) in [6.07, 6.45) is 1.46. The van der Waals surface area contributed by atoms with Gasteiger partial charge < -0.3 is 9.73 Å². The van der Waals surface area contributed by atoms with E-state index in [2.05, 4.69) is 20.5 Å². The third-order valence-electron chi connectivity index (χ3n) is 4.08. The lowest BCUT2D eigenvalue weighted by Crippen LogP contribution is -2.29. The van der Waals surface area contributed by atoms with E-state index < -0.39 is 0 Å². The van der Waals surface area contributed by atoms with Crippen LogP contribution in [0.5, 0.6) is 0 Å². The van der Waals surface area contributed by atoms with Crippen molar-refractivity contribution in [3.63, 3.8) is 0 Å². The molecule has 0 bridgehead atoms. The first kappa shape index (κ1) is 15.1. The van der Waals surface area contributed by atoms with Crippen LogP contribution in [0.15, 0.2) is 71.4 Å². The summed E-state index contributed by atoms with van der Waals surface area (Å²) >= 11 is 0. The van der Waals surface area contributed by atoms with E-state index in [9.17, 15) is 4.79 Å². The van der Waals surface area contributed by atoms with Gasteiger partial charge in [0.2, 0.25) is 0 Å². The van der Waals surface area contributed by atoms with E-state index in [1.54, 1.807) is 6.07 Å². The smallest absolute Gasteiger partial charge is 0.287 e. The number of fused-ring (bicyclic) bond motifs is 1. The van der Waals surface area contributed by atoms with Crippen LogP contribution >= 0.6 is 0 Å². The molecule has 0 saturated carbocycles. The number of aromatic nitrogens is 3. The Hall–Kier alpha value is -3.41. The van der Waals surface area contributed by atoms with Crippen molar-refractivity contribution in [3.8, 4) is 0 Å². The van der Waals surface area contributed by atoms with Gasteiger partial charge in [0.25, 0.3) is 5.91 Å². The molecule has 0 aliphatic heterocycles. The molecule has 2 N–H and O–H groups in total. The van der Waals surface area contributed by atoms with Crippen molar-refractivity contribution < 1.29 is 9.21 Å². The van der Waals surface area contributed by atoms with Gasteiger partial charge in [-0.05, 0) is 17.7 Å². The zero-order valence-corrected chi connectivity index (χ0v) is 13.3. The second kappa shape index (κ2) is 6.60. The van der Waals surface area contributed by atoms with Gasteiger partial charge in [-0.3, -0.25) is 9.89 Å². The van der Waals surface area contributed by atoms with Crippen molar-refractivity contribution in [1.29, 1.82) is 0 Å². The first-order valence-corrected chi connectivity index (χ1v) is 7.98. The van der Waals surface area contributed by atoms with E-state index in [0.717, 1.165) is 10.9 Å². The number of amides is 1. The topological polar surface area (TPSA) is 83.8 Å². The van der Waals surface area contributed by atoms with Crippen molar-refractivity contribution in [2.75, 3.05) is 6.54 Å². The summed E-state index contributed by atoms with van der Waals surface area (Å²) in [5, 5.41) is 10.6. The molecule has 1 atom stereocenters. The minimum atomic E-state index is -0.253. The Morgan fingerprint density at radius 2 is 1.92 bits per heavy atom. The maximum absolute atomic E-state index is 12.5. The fourth-order valence-corrected chi connectivity index (χ4v) is 2.82. The number of hydrogen-bond acceptors (Lipinski definition) is 4. The Morgan fingerprint density at radius 1 is 1.12 bits per heavy atom. The quantitative estimate of drug-likeness (QED) is 0.588. The number of carbonyl (C=O) groups is 1. The molecule has 2 heterocycles. The van der Waals surface area contributed by atoms with Gasteiger partial charge in [0, 0.05) is 11.9 Å². The van der Waals surface area contributed by atoms with Gasteiger partial charge in [-0.1, -0.05) is 48.5 Å². The van der Waals surface area contributed by atoms with Crippen LogP contribution in [0, 0.1) is 0 Å². The maximum atomic E-state index is 12.5. The molecule has 124 valence electrons. The van der Waals surface area contributed by atoms with Crippen molar-refractivity contribution in [1.82, 2.24) is 20.5 Å². The Balaban J connectivity index is 1.54. The number of hydrogen-bond donors (Lipinski definition) is 2. The molecule has 0 aliphatic rings. The van der Waals surface area contributed by atoms with E-state index in [-0.39, 0.29) is 11.8 Å². The Bertz CT molecular complexity index is 944. The molecule has 2 aromatic carbocycles. The summed E-state index contributed by atoms with van der Waals surface area (Å²) < 4.78 is 5.61. The van der Waals surface area contributed by atoms with Gasteiger partial charge in [-0.15, -0.1) is 0 Å². The average Bonchev–Trinajstić information content (AvgIpc) is 3.32. The van der Waals surface area contributed by atoms with Crippen molar-refractivity contribution in [2.45, 2.75) is 5.92 Å². The number of rotatable bonds is 5. The SMILES string of the molecule is O=C(NC[C@@H](c1ccccc1)c1ncn[nH]1)c1cc2ccccc2o1. The van der Waals surface area contributed by atoms with Gasteiger partial charge in [-0.2, -0.15) is 5.10 Å². The number of nitrogens with zero attached hydrogens (tertiary/aromatic N) is 2. The second-order valence-corrected chi connectivity index (χ2v) is 5.69.